The zero-order valence-corrected chi connectivity index (χ0v) is 10.2. The van der Waals surface area contributed by atoms with Crippen LogP contribution in [0.3, 0.4) is 0 Å². The van der Waals surface area contributed by atoms with Crippen molar-refractivity contribution in [1.82, 2.24) is 0 Å². The molecule has 0 spiro atoms. The van der Waals surface area contributed by atoms with Gasteiger partial charge in [-0.2, -0.15) is 0 Å². The molecule has 0 amide bonds. The average molecular weight is 200 g/mol. The molecule has 0 unspecified atom stereocenters. The molecule has 0 heterocycles. The minimum absolute atomic E-state index is 0.0197. The second-order valence-corrected chi connectivity index (χ2v) is 3.83. The number of rotatable bonds is 4. The van der Waals surface area contributed by atoms with Crippen molar-refractivity contribution in [3.05, 3.63) is 12.7 Å². The van der Waals surface area contributed by atoms with Gasteiger partial charge in [0.05, 0.1) is 6.10 Å². The van der Waals surface area contributed by atoms with Crippen LogP contribution in [0.25, 0.3) is 0 Å². The maximum atomic E-state index is 10.8. The fourth-order valence-electron chi connectivity index (χ4n) is 0.644. The van der Waals surface area contributed by atoms with E-state index in [9.17, 15) is 4.79 Å². The molecule has 0 aromatic heterocycles. The highest BCUT2D eigenvalue weighted by Crippen LogP contribution is 2.02. The standard InChI is InChI=1S/C8H16O2.C4H8/c1-6(2)5-8(9)10-7(3)4;1-3-4-2/h6-7H,5H2,1-4H3;3H,1,4H2,2H3. The van der Waals surface area contributed by atoms with Gasteiger partial charge in [0.15, 0.2) is 0 Å². The molecule has 0 bridgehead atoms. The molecule has 0 aromatic carbocycles. The van der Waals surface area contributed by atoms with Crippen LogP contribution in [0.5, 0.6) is 0 Å². The molecule has 0 saturated carbocycles. The van der Waals surface area contributed by atoms with E-state index in [1.54, 1.807) is 0 Å². The van der Waals surface area contributed by atoms with Crippen LogP contribution in [0.1, 0.15) is 47.5 Å². The molecule has 0 aliphatic heterocycles. The predicted octanol–water partition coefficient (Wildman–Crippen LogP) is 3.57. The molecule has 0 N–H and O–H groups in total. The fourth-order valence-corrected chi connectivity index (χ4v) is 0.644. The molecular weight excluding hydrogens is 176 g/mol. The van der Waals surface area contributed by atoms with E-state index < -0.39 is 0 Å². The van der Waals surface area contributed by atoms with Crippen molar-refractivity contribution in [2.75, 3.05) is 0 Å². The molecule has 0 aromatic rings. The highest BCUT2D eigenvalue weighted by atomic mass is 16.5. The van der Waals surface area contributed by atoms with Gasteiger partial charge in [-0.3, -0.25) is 4.79 Å². The van der Waals surface area contributed by atoms with Crippen LogP contribution in [-0.2, 0) is 9.53 Å². The Kier molecular flexibility index (Phi) is 11.5. The second-order valence-electron chi connectivity index (χ2n) is 3.83. The number of carbonyl (C=O) groups is 1. The molecule has 0 rings (SSSR count). The lowest BCUT2D eigenvalue weighted by molar-refractivity contribution is -0.148. The first-order chi connectivity index (χ1) is 6.43. The van der Waals surface area contributed by atoms with Crippen molar-refractivity contribution in [2.45, 2.75) is 53.6 Å². The van der Waals surface area contributed by atoms with Gasteiger partial charge in [-0.15, -0.1) is 6.58 Å². The van der Waals surface area contributed by atoms with Gasteiger partial charge in [-0.25, -0.2) is 0 Å². The average Bonchev–Trinajstić information content (AvgIpc) is 2.01. The number of hydrogen-bond donors (Lipinski definition) is 0. The van der Waals surface area contributed by atoms with Crippen molar-refractivity contribution in [3.63, 3.8) is 0 Å². The third-order valence-corrected chi connectivity index (χ3v) is 1.23. The van der Waals surface area contributed by atoms with E-state index in [0.29, 0.717) is 12.3 Å². The Morgan fingerprint density at radius 2 is 1.79 bits per heavy atom. The number of esters is 1. The lowest BCUT2D eigenvalue weighted by Crippen LogP contribution is -2.12. The van der Waals surface area contributed by atoms with Crippen molar-refractivity contribution in [3.8, 4) is 0 Å². The van der Waals surface area contributed by atoms with E-state index in [2.05, 4.69) is 13.5 Å². The molecule has 14 heavy (non-hydrogen) atoms. The van der Waals surface area contributed by atoms with Crippen LogP contribution in [0.15, 0.2) is 12.7 Å². The van der Waals surface area contributed by atoms with Gasteiger partial charge in [-0.05, 0) is 26.2 Å². The largest absolute Gasteiger partial charge is 0.463 e. The van der Waals surface area contributed by atoms with Crippen LogP contribution in [-0.4, -0.2) is 12.1 Å². The summed E-state index contributed by atoms with van der Waals surface area (Å²) in [6, 6.07) is 0. The molecule has 0 atom stereocenters. The van der Waals surface area contributed by atoms with Crippen LogP contribution in [0.2, 0.25) is 0 Å². The van der Waals surface area contributed by atoms with Gasteiger partial charge in [0.25, 0.3) is 0 Å². The van der Waals surface area contributed by atoms with Gasteiger partial charge >= 0.3 is 5.97 Å². The first kappa shape index (κ1) is 15.7. The van der Waals surface area contributed by atoms with Gasteiger partial charge in [-0.1, -0.05) is 26.8 Å². The lowest BCUT2D eigenvalue weighted by Gasteiger charge is -2.08. The van der Waals surface area contributed by atoms with Gasteiger partial charge in [0.1, 0.15) is 0 Å². The smallest absolute Gasteiger partial charge is 0.306 e. The minimum Gasteiger partial charge on any atom is -0.463 e. The Balaban J connectivity index is 0. The summed E-state index contributed by atoms with van der Waals surface area (Å²) in [6.45, 7) is 13.3. The third-order valence-electron chi connectivity index (χ3n) is 1.23. The topological polar surface area (TPSA) is 26.3 Å². The monoisotopic (exact) mass is 200 g/mol. The normalized spacial score (nSPS) is 9.36. The molecule has 84 valence electrons. The molecule has 0 aliphatic rings. The zero-order valence-electron chi connectivity index (χ0n) is 10.2. The van der Waals surface area contributed by atoms with E-state index in [1.807, 2.05) is 33.8 Å². The van der Waals surface area contributed by atoms with E-state index in [0.717, 1.165) is 6.42 Å². The van der Waals surface area contributed by atoms with Gasteiger partial charge < -0.3 is 4.74 Å². The van der Waals surface area contributed by atoms with Gasteiger partial charge in [0.2, 0.25) is 0 Å². The van der Waals surface area contributed by atoms with Crippen molar-refractivity contribution in [1.29, 1.82) is 0 Å². The van der Waals surface area contributed by atoms with Crippen LogP contribution >= 0.6 is 0 Å². The summed E-state index contributed by atoms with van der Waals surface area (Å²) in [7, 11) is 0. The summed E-state index contributed by atoms with van der Waals surface area (Å²) in [6.07, 6.45) is 3.50. The highest BCUT2D eigenvalue weighted by molar-refractivity contribution is 5.69. The van der Waals surface area contributed by atoms with E-state index in [4.69, 9.17) is 4.74 Å². The third kappa shape index (κ3) is 17.3. The van der Waals surface area contributed by atoms with Crippen LogP contribution in [0, 0.1) is 5.92 Å². The first-order valence-corrected chi connectivity index (χ1v) is 5.24. The Morgan fingerprint density at radius 3 is 2.00 bits per heavy atom. The number of hydrogen-bond acceptors (Lipinski definition) is 2. The Bertz CT molecular complexity index is 136. The first-order valence-electron chi connectivity index (χ1n) is 5.24. The summed E-state index contributed by atoms with van der Waals surface area (Å²) < 4.78 is 4.92. The Morgan fingerprint density at radius 1 is 1.36 bits per heavy atom. The van der Waals surface area contributed by atoms with E-state index >= 15 is 0 Å². The van der Waals surface area contributed by atoms with Crippen molar-refractivity contribution >= 4 is 5.97 Å². The van der Waals surface area contributed by atoms with Crippen LogP contribution < -0.4 is 0 Å². The summed E-state index contributed by atoms with van der Waals surface area (Å²) >= 11 is 0. The molecule has 2 heteroatoms. The Labute approximate surface area is 88.3 Å². The maximum absolute atomic E-state index is 10.8. The molecule has 0 radical (unpaired) electrons. The Hall–Kier alpha value is -0.790. The minimum atomic E-state index is -0.0926. The zero-order chi connectivity index (χ0) is 11.6. The predicted molar refractivity (Wildman–Crippen MR) is 61.2 cm³/mol. The number of allylic oxidation sites excluding steroid dienone is 1. The number of carbonyl (C=O) groups excluding carboxylic acids is 1. The molecular formula is C12H24O2. The fraction of sp³-hybridized carbons (Fsp3) is 0.750. The molecule has 0 saturated heterocycles. The number of ether oxygens (including phenoxy) is 1. The SMILES string of the molecule is C=CCC.CC(C)CC(=O)OC(C)C. The molecule has 0 fully saturated rings. The second kappa shape index (κ2) is 10.3. The molecule has 2 nitrogen and oxygen atoms in total. The summed E-state index contributed by atoms with van der Waals surface area (Å²) in [5, 5.41) is 0. The highest BCUT2D eigenvalue weighted by Gasteiger charge is 2.06. The lowest BCUT2D eigenvalue weighted by atomic mass is 10.1. The summed E-state index contributed by atoms with van der Waals surface area (Å²) in [5.74, 6) is 0.302. The van der Waals surface area contributed by atoms with Gasteiger partial charge in [0, 0.05) is 6.42 Å². The maximum Gasteiger partial charge on any atom is 0.306 e. The van der Waals surface area contributed by atoms with Crippen molar-refractivity contribution < 1.29 is 9.53 Å². The van der Waals surface area contributed by atoms with E-state index in [-0.39, 0.29) is 12.1 Å². The van der Waals surface area contributed by atoms with Crippen molar-refractivity contribution in [2.24, 2.45) is 5.92 Å². The van der Waals surface area contributed by atoms with Crippen LogP contribution in [0.4, 0.5) is 0 Å². The summed E-state index contributed by atoms with van der Waals surface area (Å²) in [5.41, 5.74) is 0. The summed E-state index contributed by atoms with van der Waals surface area (Å²) in [4.78, 5) is 10.8. The quantitative estimate of drug-likeness (QED) is 0.512. The van der Waals surface area contributed by atoms with E-state index in [1.165, 1.54) is 0 Å². The molecule has 0 aliphatic carbocycles.